The van der Waals surface area contributed by atoms with Gasteiger partial charge < -0.3 is 20.3 Å². The van der Waals surface area contributed by atoms with Crippen LogP contribution < -0.4 is 5.32 Å². The summed E-state index contributed by atoms with van der Waals surface area (Å²) in [5.74, 6) is 0. The third kappa shape index (κ3) is 3.98. The summed E-state index contributed by atoms with van der Waals surface area (Å²) in [6.45, 7) is 1.43. The number of nitrogens with one attached hydrogen (secondary N) is 1. The first-order valence-electron chi connectivity index (χ1n) is 6.92. The van der Waals surface area contributed by atoms with Gasteiger partial charge in [-0.15, -0.1) is 0 Å². The Kier molecular flexibility index (Phi) is 5.24. The molecular formula is C14H20N2O5. The second-order valence-corrected chi connectivity index (χ2v) is 5.30. The molecule has 7 heteroatoms. The highest BCUT2D eigenvalue weighted by molar-refractivity contribution is 5.33. The van der Waals surface area contributed by atoms with Crippen molar-refractivity contribution in [3.8, 4) is 0 Å². The van der Waals surface area contributed by atoms with Crippen molar-refractivity contribution in [1.29, 1.82) is 0 Å². The fraction of sp³-hybridized carbons (Fsp3) is 0.571. The highest BCUT2D eigenvalue weighted by Gasteiger charge is 2.31. The zero-order valence-corrected chi connectivity index (χ0v) is 11.7. The van der Waals surface area contributed by atoms with Gasteiger partial charge in [0, 0.05) is 37.4 Å². The van der Waals surface area contributed by atoms with Crippen molar-refractivity contribution < 1.29 is 19.9 Å². The summed E-state index contributed by atoms with van der Waals surface area (Å²) in [7, 11) is 0. The van der Waals surface area contributed by atoms with E-state index < -0.39 is 16.6 Å². The van der Waals surface area contributed by atoms with Gasteiger partial charge in [0.05, 0.1) is 17.6 Å². The van der Waals surface area contributed by atoms with E-state index in [9.17, 15) is 20.3 Å². The van der Waals surface area contributed by atoms with Gasteiger partial charge in [0.1, 0.15) is 0 Å². The standard InChI is InChI=1S/C14H20N2O5/c17-10-14(5-7-21-8-6-14)15-9-13(18)11-1-3-12(4-2-11)16(19)20/h1-4,13,15,17-18H,5-10H2. The molecule has 21 heavy (non-hydrogen) atoms. The SMILES string of the molecule is O=[N+]([O-])c1ccc(C(O)CNC2(CO)CCOCC2)cc1. The minimum Gasteiger partial charge on any atom is -0.394 e. The van der Waals surface area contributed by atoms with Crippen molar-refractivity contribution in [1.82, 2.24) is 5.32 Å². The number of hydrogen-bond donors (Lipinski definition) is 3. The maximum absolute atomic E-state index is 10.6. The third-order valence-corrected chi connectivity index (χ3v) is 3.91. The molecule has 0 bridgehead atoms. The number of hydrogen-bond acceptors (Lipinski definition) is 6. The lowest BCUT2D eigenvalue weighted by Gasteiger charge is -2.37. The van der Waals surface area contributed by atoms with Crippen LogP contribution in [0.2, 0.25) is 0 Å². The van der Waals surface area contributed by atoms with Gasteiger partial charge in [-0.3, -0.25) is 10.1 Å². The Hall–Kier alpha value is -1.54. The molecule has 0 saturated carbocycles. The van der Waals surface area contributed by atoms with Gasteiger partial charge >= 0.3 is 0 Å². The summed E-state index contributed by atoms with van der Waals surface area (Å²) >= 11 is 0. The zero-order valence-electron chi connectivity index (χ0n) is 11.7. The van der Waals surface area contributed by atoms with Crippen LogP contribution in [0.3, 0.4) is 0 Å². The van der Waals surface area contributed by atoms with E-state index in [1.807, 2.05) is 0 Å². The topological polar surface area (TPSA) is 105 Å². The fourth-order valence-electron chi connectivity index (χ4n) is 2.40. The van der Waals surface area contributed by atoms with Gasteiger partial charge in [-0.05, 0) is 30.5 Å². The average molecular weight is 296 g/mol. The minimum atomic E-state index is -0.780. The first-order chi connectivity index (χ1) is 10.1. The smallest absolute Gasteiger partial charge is 0.269 e. The first kappa shape index (κ1) is 15.8. The lowest BCUT2D eigenvalue weighted by molar-refractivity contribution is -0.384. The van der Waals surface area contributed by atoms with Crippen LogP contribution in [0.1, 0.15) is 24.5 Å². The van der Waals surface area contributed by atoms with Crippen LogP contribution in [-0.2, 0) is 4.74 Å². The molecule has 1 aliphatic rings. The summed E-state index contributed by atoms with van der Waals surface area (Å²) in [5, 5.41) is 33.5. The minimum absolute atomic E-state index is 0.00448. The summed E-state index contributed by atoms with van der Waals surface area (Å²) in [6, 6.07) is 5.82. The molecule has 1 aliphatic heterocycles. The van der Waals surface area contributed by atoms with E-state index >= 15 is 0 Å². The molecule has 1 atom stereocenters. The van der Waals surface area contributed by atoms with Gasteiger partial charge in [-0.1, -0.05) is 0 Å². The van der Waals surface area contributed by atoms with Crippen LogP contribution in [0.15, 0.2) is 24.3 Å². The van der Waals surface area contributed by atoms with Crippen LogP contribution in [0, 0.1) is 10.1 Å². The molecular weight excluding hydrogens is 276 g/mol. The number of nitro groups is 1. The Balaban J connectivity index is 1.94. The van der Waals surface area contributed by atoms with Crippen molar-refractivity contribution >= 4 is 5.69 Å². The van der Waals surface area contributed by atoms with E-state index in [1.165, 1.54) is 12.1 Å². The molecule has 1 heterocycles. The lowest BCUT2D eigenvalue weighted by Crippen LogP contribution is -2.53. The zero-order chi connectivity index (χ0) is 15.3. The highest BCUT2D eigenvalue weighted by Crippen LogP contribution is 2.22. The Bertz CT molecular complexity index is 471. The quantitative estimate of drug-likeness (QED) is 0.529. The van der Waals surface area contributed by atoms with Crippen molar-refractivity contribution in [2.45, 2.75) is 24.5 Å². The molecule has 2 rings (SSSR count). The van der Waals surface area contributed by atoms with Crippen LogP contribution >= 0.6 is 0 Å². The Morgan fingerprint density at radius 1 is 1.33 bits per heavy atom. The van der Waals surface area contributed by atoms with Crippen molar-refractivity contribution in [3.63, 3.8) is 0 Å². The van der Waals surface area contributed by atoms with E-state index in [1.54, 1.807) is 12.1 Å². The molecule has 116 valence electrons. The monoisotopic (exact) mass is 296 g/mol. The lowest BCUT2D eigenvalue weighted by atomic mass is 9.90. The summed E-state index contributed by atoms with van der Waals surface area (Å²) in [6.07, 6.45) is 0.601. The molecule has 0 spiro atoms. The van der Waals surface area contributed by atoms with Crippen molar-refractivity contribution in [2.75, 3.05) is 26.4 Å². The molecule has 0 aliphatic carbocycles. The number of benzene rings is 1. The average Bonchev–Trinajstić information content (AvgIpc) is 2.53. The summed E-state index contributed by atoms with van der Waals surface area (Å²) in [4.78, 5) is 10.1. The molecule has 1 aromatic carbocycles. The van der Waals surface area contributed by atoms with E-state index in [4.69, 9.17) is 4.74 Å². The maximum atomic E-state index is 10.6. The number of non-ortho nitro benzene ring substituents is 1. The molecule has 0 amide bonds. The van der Waals surface area contributed by atoms with E-state index in [0.717, 1.165) is 0 Å². The van der Waals surface area contributed by atoms with E-state index in [0.29, 0.717) is 31.6 Å². The molecule has 1 fully saturated rings. The molecule has 0 aromatic heterocycles. The second-order valence-electron chi connectivity index (χ2n) is 5.30. The van der Waals surface area contributed by atoms with Crippen molar-refractivity contribution in [3.05, 3.63) is 39.9 Å². The molecule has 0 radical (unpaired) electrons. The second kappa shape index (κ2) is 6.95. The summed E-state index contributed by atoms with van der Waals surface area (Å²) in [5.41, 5.74) is 0.184. The van der Waals surface area contributed by atoms with Gasteiger partial charge in [0.15, 0.2) is 0 Å². The van der Waals surface area contributed by atoms with Crippen LogP contribution in [0.4, 0.5) is 5.69 Å². The predicted octanol–water partition coefficient (Wildman–Crippen LogP) is 0.759. The number of rotatable bonds is 6. The Labute approximate surface area is 122 Å². The third-order valence-electron chi connectivity index (χ3n) is 3.91. The number of nitro benzene ring substituents is 1. The number of nitrogens with zero attached hydrogens (tertiary/aromatic N) is 1. The molecule has 1 aromatic rings. The Morgan fingerprint density at radius 3 is 2.48 bits per heavy atom. The molecule has 7 nitrogen and oxygen atoms in total. The first-order valence-corrected chi connectivity index (χ1v) is 6.92. The largest absolute Gasteiger partial charge is 0.394 e. The summed E-state index contributed by atoms with van der Waals surface area (Å²) < 4.78 is 5.28. The highest BCUT2D eigenvalue weighted by atomic mass is 16.6. The normalized spacial score (nSPS) is 19.1. The Morgan fingerprint density at radius 2 is 1.95 bits per heavy atom. The van der Waals surface area contributed by atoms with Crippen molar-refractivity contribution in [2.24, 2.45) is 0 Å². The van der Waals surface area contributed by atoms with Crippen LogP contribution in [-0.4, -0.2) is 47.0 Å². The number of aliphatic hydroxyl groups is 2. The number of ether oxygens (including phenoxy) is 1. The molecule has 3 N–H and O–H groups in total. The van der Waals surface area contributed by atoms with Gasteiger partial charge in [-0.2, -0.15) is 0 Å². The molecule has 1 unspecified atom stereocenters. The van der Waals surface area contributed by atoms with E-state index in [2.05, 4.69) is 5.32 Å². The number of β-amino-alcohol motifs (C(OH)–C–C–N with tert-alkyl or cyclic N) is 1. The van der Waals surface area contributed by atoms with E-state index in [-0.39, 0.29) is 18.8 Å². The fourth-order valence-corrected chi connectivity index (χ4v) is 2.40. The van der Waals surface area contributed by atoms with Gasteiger partial charge in [0.2, 0.25) is 0 Å². The predicted molar refractivity (Wildman–Crippen MR) is 75.9 cm³/mol. The number of aliphatic hydroxyl groups excluding tert-OH is 2. The van der Waals surface area contributed by atoms with Crippen LogP contribution in [0.5, 0.6) is 0 Å². The van der Waals surface area contributed by atoms with Gasteiger partial charge in [-0.25, -0.2) is 0 Å². The van der Waals surface area contributed by atoms with Gasteiger partial charge in [0.25, 0.3) is 5.69 Å². The van der Waals surface area contributed by atoms with Crippen LogP contribution in [0.25, 0.3) is 0 Å². The maximum Gasteiger partial charge on any atom is 0.269 e. The molecule has 1 saturated heterocycles.